The quantitative estimate of drug-likeness (QED) is 0.819. The van der Waals surface area contributed by atoms with Gasteiger partial charge in [0.15, 0.2) is 6.33 Å². The molecule has 0 aromatic carbocycles. The van der Waals surface area contributed by atoms with E-state index in [1.54, 1.807) is 0 Å². The van der Waals surface area contributed by atoms with Crippen LogP contribution in [0.4, 0.5) is 11.6 Å². The summed E-state index contributed by atoms with van der Waals surface area (Å²) in [6.07, 6.45) is 3.48. The van der Waals surface area contributed by atoms with E-state index >= 15 is 0 Å². The van der Waals surface area contributed by atoms with E-state index in [1.807, 2.05) is 0 Å². The molecule has 2 heterocycles. The molecule has 0 amide bonds. The molecule has 0 aliphatic heterocycles. The summed E-state index contributed by atoms with van der Waals surface area (Å²) in [4.78, 5) is 12.2. The zero-order chi connectivity index (χ0) is 13.0. The molecule has 0 fully saturated rings. The van der Waals surface area contributed by atoms with Gasteiger partial charge in [-0.1, -0.05) is 19.0 Å². The maximum absolute atomic E-state index is 5.86. The molecule has 0 saturated carbocycles. The molecular weight excluding hydrogens is 232 g/mol. The summed E-state index contributed by atoms with van der Waals surface area (Å²) in [7, 11) is 0. The highest BCUT2D eigenvalue weighted by Gasteiger charge is 2.12. The average Bonchev–Trinajstić information content (AvgIpc) is 2.81. The van der Waals surface area contributed by atoms with E-state index in [0.29, 0.717) is 24.7 Å². The molecule has 0 aliphatic rings. The first-order chi connectivity index (χ1) is 8.68. The molecule has 3 N–H and O–H groups in total. The highest BCUT2D eigenvalue weighted by molar-refractivity contribution is 5.56. The number of nitrogens with two attached hydrogens (primary N) is 1. The summed E-state index contributed by atoms with van der Waals surface area (Å²) in [6, 6.07) is 0. The highest BCUT2D eigenvalue weighted by Crippen LogP contribution is 2.25. The Balaban J connectivity index is 2.03. The minimum absolute atomic E-state index is 0.261. The molecular formula is C11H16N6O. The van der Waals surface area contributed by atoms with Gasteiger partial charge in [-0.05, 0) is 5.92 Å². The molecule has 0 bridgehead atoms. The van der Waals surface area contributed by atoms with E-state index < -0.39 is 0 Å². The Morgan fingerprint density at radius 2 is 2.11 bits per heavy atom. The van der Waals surface area contributed by atoms with Crippen LogP contribution >= 0.6 is 0 Å². The smallest absolute Gasteiger partial charge is 0.228 e. The highest BCUT2D eigenvalue weighted by atomic mass is 16.5. The van der Waals surface area contributed by atoms with Crippen LogP contribution in [-0.4, -0.2) is 26.7 Å². The summed E-state index contributed by atoms with van der Waals surface area (Å²) < 4.78 is 4.91. The number of hydrogen-bond acceptors (Lipinski definition) is 7. The Kier molecular flexibility index (Phi) is 3.71. The predicted molar refractivity (Wildman–Crippen MR) is 67.0 cm³/mol. The van der Waals surface area contributed by atoms with Crippen molar-refractivity contribution in [3.63, 3.8) is 0 Å². The van der Waals surface area contributed by atoms with E-state index in [1.165, 1.54) is 12.7 Å². The van der Waals surface area contributed by atoms with Crippen molar-refractivity contribution in [1.82, 2.24) is 20.1 Å². The minimum Gasteiger partial charge on any atom is -0.383 e. The lowest BCUT2D eigenvalue weighted by atomic mass is 10.0. The van der Waals surface area contributed by atoms with Gasteiger partial charge in [-0.25, -0.2) is 9.97 Å². The monoisotopic (exact) mass is 248 g/mol. The summed E-state index contributed by atoms with van der Waals surface area (Å²) >= 11 is 0. The molecule has 0 radical (unpaired) electrons. The van der Waals surface area contributed by atoms with Crippen molar-refractivity contribution in [1.29, 1.82) is 0 Å². The Morgan fingerprint density at radius 3 is 2.78 bits per heavy atom. The van der Waals surface area contributed by atoms with Gasteiger partial charge in [-0.3, -0.25) is 0 Å². The van der Waals surface area contributed by atoms with E-state index in [2.05, 4.69) is 39.3 Å². The number of nitrogens with zero attached hydrogens (tertiary/aromatic N) is 4. The largest absolute Gasteiger partial charge is 0.383 e. The van der Waals surface area contributed by atoms with Crippen molar-refractivity contribution >= 4 is 11.6 Å². The van der Waals surface area contributed by atoms with Crippen LogP contribution < -0.4 is 11.1 Å². The summed E-state index contributed by atoms with van der Waals surface area (Å²) in [6.45, 7) is 4.76. The van der Waals surface area contributed by atoms with Crippen LogP contribution in [0.3, 0.4) is 0 Å². The third-order valence-corrected chi connectivity index (χ3v) is 2.53. The number of aromatic nitrogens is 4. The van der Waals surface area contributed by atoms with Gasteiger partial charge in [0, 0.05) is 18.5 Å². The van der Waals surface area contributed by atoms with Gasteiger partial charge >= 0.3 is 0 Å². The molecule has 96 valence electrons. The number of rotatable bonds is 5. The van der Waals surface area contributed by atoms with Gasteiger partial charge < -0.3 is 15.6 Å². The van der Waals surface area contributed by atoms with Gasteiger partial charge in [-0.2, -0.15) is 4.98 Å². The Bertz CT molecular complexity index is 496. The lowest BCUT2D eigenvalue weighted by molar-refractivity contribution is 0.379. The third-order valence-electron chi connectivity index (χ3n) is 2.53. The Hall–Kier alpha value is -2.18. The van der Waals surface area contributed by atoms with Gasteiger partial charge in [0.25, 0.3) is 0 Å². The molecule has 7 nitrogen and oxygen atoms in total. The number of hydrogen-bond donors (Lipinski definition) is 2. The second kappa shape index (κ2) is 5.44. The molecule has 18 heavy (non-hydrogen) atoms. The second-order valence-corrected chi connectivity index (χ2v) is 4.19. The first-order valence-electron chi connectivity index (χ1n) is 5.78. The van der Waals surface area contributed by atoms with Crippen molar-refractivity contribution < 1.29 is 4.52 Å². The summed E-state index contributed by atoms with van der Waals surface area (Å²) in [5.41, 5.74) is 6.79. The minimum atomic E-state index is 0.261. The Morgan fingerprint density at radius 1 is 1.28 bits per heavy atom. The SMILES string of the molecule is CC(C)c1c(N)ncnc1NCCc1ncno1. The zero-order valence-electron chi connectivity index (χ0n) is 10.4. The van der Waals surface area contributed by atoms with Crippen molar-refractivity contribution in [3.05, 3.63) is 24.1 Å². The predicted octanol–water partition coefficient (Wildman–Crippen LogP) is 1.22. The lowest BCUT2D eigenvalue weighted by Gasteiger charge is -2.14. The van der Waals surface area contributed by atoms with Crippen molar-refractivity contribution in [2.75, 3.05) is 17.6 Å². The molecule has 2 aromatic heterocycles. The normalized spacial score (nSPS) is 10.8. The van der Waals surface area contributed by atoms with Gasteiger partial charge in [0.1, 0.15) is 18.0 Å². The van der Waals surface area contributed by atoms with Crippen molar-refractivity contribution in [3.8, 4) is 0 Å². The molecule has 2 aromatic rings. The maximum Gasteiger partial charge on any atom is 0.228 e. The van der Waals surface area contributed by atoms with Crippen LogP contribution in [0.15, 0.2) is 17.2 Å². The van der Waals surface area contributed by atoms with Crippen LogP contribution in [0.2, 0.25) is 0 Å². The van der Waals surface area contributed by atoms with Crippen molar-refractivity contribution in [2.24, 2.45) is 0 Å². The second-order valence-electron chi connectivity index (χ2n) is 4.19. The zero-order valence-corrected chi connectivity index (χ0v) is 10.4. The molecule has 2 rings (SSSR count). The van der Waals surface area contributed by atoms with Crippen molar-refractivity contribution in [2.45, 2.75) is 26.2 Å². The third kappa shape index (κ3) is 2.73. The van der Waals surface area contributed by atoms with Crippen LogP contribution in [-0.2, 0) is 6.42 Å². The van der Waals surface area contributed by atoms with E-state index in [9.17, 15) is 0 Å². The van der Waals surface area contributed by atoms with Gasteiger partial charge in [-0.15, -0.1) is 0 Å². The number of nitrogens with one attached hydrogen (secondary N) is 1. The number of nitrogen functional groups attached to an aromatic ring is 1. The maximum atomic E-state index is 5.86. The molecule has 0 aliphatic carbocycles. The summed E-state index contributed by atoms with van der Waals surface area (Å²) in [5, 5.41) is 6.76. The van der Waals surface area contributed by atoms with Gasteiger partial charge in [0.05, 0.1) is 0 Å². The topological polar surface area (TPSA) is 103 Å². The van der Waals surface area contributed by atoms with Crippen LogP contribution in [0.25, 0.3) is 0 Å². The van der Waals surface area contributed by atoms with Crippen LogP contribution in [0.5, 0.6) is 0 Å². The van der Waals surface area contributed by atoms with E-state index in [0.717, 1.165) is 11.4 Å². The molecule has 0 unspecified atom stereocenters. The lowest BCUT2D eigenvalue weighted by Crippen LogP contribution is -2.12. The molecule has 7 heteroatoms. The summed E-state index contributed by atoms with van der Waals surface area (Å²) in [5.74, 6) is 2.13. The first kappa shape index (κ1) is 12.3. The van der Waals surface area contributed by atoms with E-state index in [4.69, 9.17) is 10.3 Å². The van der Waals surface area contributed by atoms with Crippen LogP contribution in [0.1, 0.15) is 31.2 Å². The number of anilines is 2. The molecule has 0 saturated heterocycles. The fraction of sp³-hybridized carbons (Fsp3) is 0.455. The molecule has 0 spiro atoms. The van der Waals surface area contributed by atoms with Gasteiger partial charge in [0.2, 0.25) is 5.89 Å². The molecule has 0 atom stereocenters. The van der Waals surface area contributed by atoms with Crippen LogP contribution in [0, 0.1) is 0 Å². The fourth-order valence-corrected chi connectivity index (χ4v) is 1.71. The van der Waals surface area contributed by atoms with E-state index in [-0.39, 0.29) is 5.92 Å². The first-order valence-corrected chi connectivity index (χ1v) is 5.78. The Labute approximate surface area is 105 Å². The standard InChI is InChI=1S/C11H16N6O/c1-7(2)9-10(12)15-5-16-11(9)13-4-3-8-14-6-17-18-8/h5-7H,3-4H2,1-2H3,(H3,12,13,15,16). The average molecular weight is 248 g/mol. The fourth-order valence-electron chi connectivity index (χ4n) is 1.71.